The van der Waals surface area contributed by atoms with Crippen LogP contribution in [0.1, 0.15) is 25.0 Å². The first-order valence-corrected chi connectivity index (χ1v) is 17.3. The minimum absolute atomic E-state index is 0.111. The van der Waals surface area contributed by atoms with Gasteiger partial charge in [-0.05, 0) is 81.9 Å². The number of anilines is 3. The van der Waals surface area contributed by atoms with Crippen molar-refractivity contribution in [2.75, 3.05) is 4.90 Å². The van der Waals surface area contributed by atoms with E-state index in [-0.39, 0.29) is 5.41 Å². The summed E-state index contributed by atoms with van der Waals surface area (Å²) in [5.41, 5.74) is 12.8. The topological polar surface area (TPSA) is 16.4 Å². The van der Waals surface area contributed by atoms with Crippen molar-refractivity contribution in [3.8, 4) is 22.3 Å². The van der Waals surface area contributed by atoms with Gasteiger partial charge in [0.05, 0.1) is 5.69 Å². The molecule has 1 aliphatic rings. The van der Waals surface area contributed by atoms with Crippen LogP contribution in [0.25, 0.3) is 64.4 Å². The number of benzene rings is 7. The quantitative estimate of drug-likeness (QED) is 0.192. The summed E-state index contributed by atoms with van der Waals surface area (Å²) < 4.78 is 9.39. The lowest BCUT2D eigenvalue weighted by Gasteiger charge is -2.28. The first-order valence-electron chi connectivity index (χ1n) is 16.5. The first kappa shape index (κ1) is 27.5. The summed E-state index contributed by atoms with van der Waals surface area (Å²) in [5.74, 6) is 0. The maximum Gasteiger partial charge on any atom is 0.160 e. The Hall–Kier alpha value is -5.64. The van der Waals surface area contributed by atoms with Crippen molar-refractivity contribution in [2.45, 2.75) is 19.3 Å². The molecule has 2 heterocycles. The maximum atomic E-state index is 6.85. The van der Waals surface area contributed by atoms with Crippen LogP contribution >= 0.6 is 11.3 Å². The molecule has 0 spiro atoms. The average Bonchev–Trinajstić information content (AvgIpc) is 3.77. The molecule has 0 unspecified atom stereocenters. The highest BCUT2D eigenvalue weighted by molar-refractivity contribution is 7.26. The van der Waals surface area contributed by atoms with Gasteiger partial charge < -0.3 is 9.32 Å². The van der Waals surface area contributed by atoms with E-state index in [1.165, 1.54) is 58.9 Å². The Morgan fingerprint density at radius 3 is 2.12 bits per heavy atom. The van der Waals surface area contributed by atoms with Crippen LogP contribution in [-0.4, -0.2) is 0 Å². The largest absolute Gasteiger partial charge is 0.454 e. The zero-order valence-electron chi connectivity index (χ0n) is 26.7. The molecule has 48 heavy (non-hydrogen) atoms. The smallest absolute Gasteiger partial charge is 0.160 e. The van der Waals surface area contributed by atoms with Crippen molar-refractivity contribution in [3.05, 3.63) is 163 Å². The summed E-state index contributed by atoms with van der Waals surface area (Å²) >= 11 is 1.86. The monoisotopic (exact) mass is 633 g/mol. The molecular weight excluding hydrogens is 603 g/mol. The number of rotatable bonds is 4. The second kappa shape index (κ2) is 10.2. The minimum atomic E-state index is -0.111. The third kappa shape index (κ3) is 3.92. The number of hydrogen-bond donors (Lipinski definition) is 0. The molecule has 2 nitrogen and oxygen atoms in total. The summed E-state index contributed by atoms with van der Waals surface area (Å²) in [6, 6.07) is 55.0. The molecule has 0 bridgehead atoms. The highest BCUT2D eigenvalue weighted by Gasteiger charge is 2.36. The van der Waals surface area contributed by atoms with Crippen molar-refractivity contribution in [1.29, 1.82) is 0 Å². The standard InChI is InChI=1S/C45H31NOS/c1-45(2)37-19-11-9-17-32(37)33-23-22-31(26-38(33)45)46(30-15-7-4-8-16-30)39-27-36-35-25-29(28-13-5-3-6-14-28)21-24-41(35)48-44(36)42-34-18-10-12-20-40(34)47-43(39)42/h3-27H,1-2H3. The number of furan rings is 1. The van der Waals surface area contributed by atoms with Crippen LogP contribution in [0.5, 0.6) is 0 Å². The molecular formula is C45H31NOS. The molecule has 0 aliphatic heterocycles. The Balaban J connectivity index is 1.29. The van der Waals surface area contributed by atoms with Crippen LogP contribution in [0.4, 0.5) is 17.1 Å². The summed E-state index contributed by atoms with van der Waals surface area (Å²) in [6.07, 6.45) is 0. The Kier molecular flexibility index (Phi) is 5.82. The molecule has 0 saturated carbocycles. The van der Waals surface area contributed by atoms with Gasteiger partial charge in [0.2, 0.25) is 0 Å². The summed E-state index contributed by atoms with van der Waals surface area (Å²) in [6.45, 7) is 4.69. The van der Waals surface area contributed by atoms with Crippen LogP contribution in [0.3, 0.4) is 0 Å². The molecule has 0 radical (unpaired) electrons. The van der Waals surface area contributed by atoms with Gasteiger partial charge in [0.15, 0.2) is 5.58 Å². The number of hydrogen-bond acceptors (Lipinski definition) is 3. The molecule has 0 saturated heterocycles. The lowest BCUT2D eigenvalue weighted by Crippen LogP contribution is -2.16. The molecule has 1 aliphatic carbocycles. The number of fused-ring (bicyclic) bond motifs is 10. The second-order valence-corrected chi connectivity index (χ2v) is 14.4. The van der Waals surface area contributed by atoms with E-state index >= 15 is 0 Å². The van der Waals surface area contributed by atoms with Gasteiger partial charge in [0.25, 0.3) is 0 Å². The van der Waals surface area contributed by atoms with E-state index in [1.807, 2.05) is 11.3 Å². The average molecular weight is 634 g/mol. The van der Waals surface area contributed by atoms with Crippen LogP contribution in [0.15, 0.2) is 156 Å². The van der Waals surface area contributed by atoms with Gasteiger partial charge in [-0.2, -0.15) is 0 Å². The van der Waals surface area contributed by atoms with Crippen molar-refractivity contribution < 1.29 is 4.42 Å². The second-order valence-electron chi connectivity index (χ2n) is 13.3. The van der Waals surface area contributed by atoms with Crippen molar-refractivity contribution >= 4 is 70.5 Å². The van der Waals surface area contributed by atoms with Gasteiger partial charge in [-0.3, -0.25) is 0 Å². The fourth-order valence-electron chi connectivity index (χ4n) is 7.91. The summed E-state index contributed by atoms with van der Waals surface area (Å²) in [7, 11) is 0. The minimum Gasteiger partial charge on any atom is -0.454 e. The molecule has 3 heteroatoms. The zero-order chi connectivity index (χ0) is 32.0. The van der Waals surface area contributed by atoms with Gasteiger partial charge >= 0.3 is 0 Å². The van der Waals surface area contributed by atoms with E-state index < -0.39 is 0 Å². The Bertz CT molecular complexity index is 2700. The van der Waals surface area contributed by atoms with Gasteiger partial charge in [-0.1, -0.05) is 117 Å². The van der Waals surface area contributed by atoms with Crippen LogP contribution in [0.2, 0.25) is 0 Å². The lowest BCUT2D eigenvalue weighted by atomic mass is 9.82. The number of nitrogens with zero attached hydrogens (tertiary/aromatic N) is 1. The molecule has 0 atom stereocenters. The van der Waals surface area contributed by atoms with Gasteiger partial charge in [0, 0.05) is 47.7 Å². The normalized spacial score (nSPS) is 13.4. The Morgan fingerprint density at radius 1 is 0.542 bits per heavy atom. The van der Waals surface area contributed by atoms with Crippen molar-refractivity contribution in [2.24, 2.45) is 0 Å². The molecule has 7 aromatic carbocycles. The third-order valence-electron chi connectivity index (χ3n) is 10.3. The third-order valence-corrected chi connectivity index (χ3v) is 11.5. The maximum absolute atomic E-state index is 6.85. The molecule has 0 fully saturated rings. The lowest BCUT2D eigenvalue weighted by molar-refractivity contribution is 0.660. The van der Waals surface area contributed by atoms with E-state index in [9.17, 15) is 0 Å². The van der Waals surface area contributed by atoms with E-state index in [1.54, 1.807) is 0 Å². The van der Waals surface area contributed by atoms with Crippen LogP contribution in [-0.2, 0) is 5.41 Å². The molecule has 9 aromatic rings. The van der Waals surface area contributed by atoms with E-state index in [0.29, 0.717) is 0 Å². The van der Waals surface area contributed by atoms with E-state index in [4.69, 9.17) is 4.42 Å². The predicted octanol–water partition coefficient (Wildman–Crippen LogP) is 13.4. The highest BCUT2D eigenvalue weighted by Crippen LogP contribution is 2.53. The summed E-state index contributed by atoms with van der Waals surface area (Å²) in [4.78, 5) is 2.40. The SMILES string of the molecule is CC1(C)c2ccccc2-c2ccc(N(c3ccccc3)c3cc4c5cc(-c6ccccc6)ccc5sc4c4c3oc3ccccc34)cc21. The molecule has 228 valence electrons. The number of para-hydroxylation sites is 2. The van der Waals surface area contributed by atoms with E-state index in [0.717, 1.165) is 33.6 Å². The van der Waals surface area contributed by atoms with Crippen molar-refractivity contribution in [3.63, 3.8) is 0 Å². The first-order chi connectivity index (χ1) is 23.6. The van der Waals surface area contributed by atoms with Crippen LogP contribution < -0.4 is 4.90 Å². The molecule has 2 aromatic heterocycles. The Morgan fingerprint density at radius 2 is 1.27 bits per heavy atom. The Labute approximate surface area is 283 Å². The fraction of sp³-hybridized carbons (Fsp3) is 0.0667. The molecule has 0 amide bonds. The molecule has 0 N–H and O–H groups in total. The van der Waals surface area contributed by atoms with Gasteiger partial charge in [-0.25, -0.2) is 0 Å². The van der Waals surface area contributed by atoms with Crippen LogP contribution in [0, 0.1) is 0 Å². The van der Waals surface area contributed by atoms with Gasteiger partial charge in [0.1, 0.15) is 5.58 Å². The highest BCUT2D eigenvalue weighted by atomic mass is 32.1. The van der Waals surface area contributed by atoms with Gasteiger partial charge in [-0.15, -0.1) is 11.3 Å². The summed E-state index contributed by atoms with van der Waals surface area (Å²) in [5, 5.41) is 4.84. The van der Waals surface area contributed by atoms with Crippen molar-refractivity contribution in [1.82, 2.24) is 0 Å². The zero-order valence-corrected chi connectivity index (χ0v) is 27.5. The van der Waals surface area contributed by atoms with E-state index in [2.05, 4.69) is 170 Å². The fourth-order valence-corrected chi connectivity index (χ4v) is 9.13. The molecule has 10 rings (SSSR count). The predicted molar refractivity (Wildman–Crippen MR) is 204 cm³/mol. The number of thiophene rings is 1.